The Hall–Kier alpha value is -0.760. The zero-order valence-corrected chi connectivity index (χ0v) is 11.7. The van der Waals surface area contributed by atoms with E-state index in [4.69, 9.17) is 4.42 Å². The van der Waals surface area contributed by atoms with E-state index in [1.165, 1.54) is 37.9 Å². The number of furan rings is 1. The molecule has 2 fully saturated rings. The normalized spacial score (nSPS) is 28.3. The quantitative estimate of drug-likeness (QED) is 0.785. The summed E-state index contributed by atoms with van der Waals surface area (Å²) in [4.78, 5) is 0. The summed E-state index contributed by atoms with van der Waals surface area (Å²) in [6, 6.07) is 4.32. The number of rotatable bonds is 7. The highest BCUT2D eigenvalue weighted by Gasteiger charge is 2.40. The molecule has 2 aliphatic rings. The fourth-order valence-electron chi connectivity index (χ4n) is 3.08. The SMILES string of the molecule is CCCC1(CNCc2ccc(C3CC3C)o2)CC1. The molecule has 1 aromatic rings. The van der Waals surface area contributed by atoms with Crippen LogP contribution < -0.4 is 5.32 Å². The highest BCUT2D eigenvalue weighted by molar-refractivity contribution is 5.17. The van der Waals surface area contributed by atoms with E-state index in [0.717, 1.165) is 24.8 Å². The van der Waals surface area contributed by atoms with Crippen LogP contribution in [0.15, 0.2) is 16.5 Å². The van der Waals surface area contributed by atoms with Crippen LogP contribution in [-0.2, 0) is 6.54 Å². The van der Waals surface area contributed by atoms with Gasteiger partial charge in [-0.1, -0.05) is 20.3 Å². The van der Waals surface area contributed by atoms with Crippen molar-refractivity contribution in [2.45, 2.75) is 58.4 Å². The Morgan fingerprint density at radius 1 is 1.39 bits per heavy atom. The average Bonchev–Trinajstić information content (AvgIpc) is 3.22. The molecule has 2 unspecified atom stereocenters. The zero-order valence-electron chi connectivity index (χ0n) is 11.7. The third-order valence-corrected chi connectivity index (χ3v) is 4.69. The molecule has 2 heteroatoms. The highest BCUT2D eigenvalue weighted by Crippen LogP contribution is 2.49. The van der Waals surface area contributed by atoms with E-state index in [-0.39, 0.29) is 0 Å². The van der Waals surface area contributed by atoms with Gasteiger partial charge >= 0.3 is 0 Å². The van der Waals surface area contributed by atoms with Gasteiger partial charge in [0.15, 0.2) is 0 Å². The van der Waals surface area contributed by atoms with Gasteiger partial charge in [-0.3, -0.25) is 0 Å². The summed E-state index contributed by atoms with van der Waals surface area (Å²) in [5, 5.41) is 3.58. The molecule has 2 aliphatic carbocycles. The van der Waals surface area contributed by atoms with Crippen molar-refractivity contribution in [3.05, 3.63) is 23.7 Å². The van der Waals surface area contributed by atoms with Crippen LogP contribution in [0.1, 0.15) is 63.4 Å². The van der Waals surface area contributed by atoms with Gasteiger partial charge in [-0.2, -0.15) is 0 Å². The van der Waals surface area contributed by atoms with Crippen molar-refractivity contribution in [3.63, 3.8) is 0 Å². The van der Waals surface area contributed by atoms with Gasteiger partial charge in [-0.15, -0.1) is 0 Å². The summed E-state index contributed by atoms with van der Waals surface area (Å²) < 4.78 is 5.91. The van der Waals surface area contributed by atoms with Crippen molar-refractivity contribution >= 4 is 0 Å². The van der Waals surface area contributed by atoms with Crippen molar-refractivity contribution in [1.29, 1.82) is 0 Å². The highest BCUT2D eigenvalue weighted by atomic mass is 16.3. The maximum absolute atomic E-state index is 5.91. The zero-order chi connectivity index (χ0) is 12.6. The van der Waals surface area contributed by atoms with E-state index in [2.05, 4.69) is 31.3 Å². The lowest BCUT2D eigenvalue weighted by Gasteiger charge is -2.14. The molecule has 0 saturated heterocycles. The second-order valence-corrected chi connectivity index (χ2v) is 6.48. The first-order chi connectivity index (χ1) is 8.72. The second-order valence-electron chi connectivity index (χ2n) is 6.48. The van der Waals surface area contributed by atoms with Crippen molar-refractivity contribution in [1.82, 2.24) is 5.32 Å². The molecule has 1 heterocycles. The van der Waals surface area contributed by atoms with Crippen LogP contribution in [0.2, 0.25) is 0 Å². The predicted octanol–water partition coefficient (Wildman–Crippen LogP) is 4.07. The van der Waals surface area contributed by atoms with E-state index in [0.29, 0.717) is 11.3 Å². The van der Waals surface area contributed by atoms with E-state index in [1.54, 1.807) is 0 Å². The summed E-state index contributed by atoms with van der Waals surface area (Å²) in [6.07, 6.45) is 6.82. The summed E-state index contributed by atoms with van der Waals surface area (Å²) in [5.41, 5.74) is 0.634. The fraction of sp³-hybridized carbons (Fsp3) is 0.750. The number of nitrogens with one attached hydrogen (secondary N) is 1. The van der Waals surface area contributed by atoms with Crippen molar-refractivity contribution in [2.75, 3.05) is 6.54 Å². The third kappa shape index (κ3) is 2.64. The molecule has 2 atom stereocenters. The predicted molar refractivity (Wildman–Crippen MR) is 73.5 cm³/mol. The topological polar surface area (TPSA) is 25.2 Å². The van der Waals surface area contributed by atoms with E-state index in [9.17, 15) is 0 Å². The van der Waals surface area contributed by atoms with Crippen molar-refractivity contribution in [3.8, 4) is 0 Å². The number of hydrogen-bond donors (Lipinski definition) is 1. The maximum atomic E-state index is 5.91. The summed E-state index contributed by atoms with van der Waals surface area (Å²) >= 11 is 0. The standard InChI is InChI=1S/C16H25NO/c1-3-6-16(7-8-16)11-17-10-13-4-5-15(18-13)14-9-12(14)2/h4-5,12,14,17H,3,6-11H2,1-2H3. The van der Waals surface area contributed by atoms with Gasteiger partial charge in [0, 0.05) is 12.5 Å². The molecule has 0 radical (unpaired) electrons. The molecule has 0 amide bonds. The molecule has 0 bridgehead atoms. The van der Waals surface area contributed by atoms with Gasteiger partial charge in [-0.25, -0.2) is 0 Å². The maximum Gasteiger partial charge on any atom is 0.117 e. The molecule has 1 aromatic heterocycles. The molecular formula is C16H25NO. The molecule has 3 rings (SSSR count). The summed E-state index contributed by atoms with van der Waals surface area (Å²) in [7, 11) is 0. The van der Waals surface area contributed by atoms with Crippen molar-refractivity contribution in [2.24, 2.45) is 11.3 Å². The minimum atomic E-state index is 0.634. The second kappa shape index (κ2) is 4.73. The first-order valence-corrected chi connectivity index (χ1v) is 7.52. The van der Waals surface area contributed by atoms with Crippen LogP contribution in [0.4, 0.5) is 0 Å². The average molecular weight is 247 g/mol. The molecule has 18 heavy (non-hydrogen) atoms. The van der Waals surface area contributed by atoms with Crippen LogP contribution in [0.25, 0.3) is 0 Å². The van der Waals surface area contributed by atoms with Gasteiger partial charge < -0.3 is 9.73 Å². The minimum absolute atomic E-state index is 0.634. The molecule has 2 saturated carbocycles. The molecule has 0 spiro atoms. The molecule has 0 aliphatic heterocycles. The molecule has 0 aromatic carbocycles. The van der Waals surface area contributed by atoms with E-state index < -0.39 is 0 Å². The Bertz CT molecular complexity index is 405. The lowest BCUT2D eigenvalue weighted by molar-refractivity contribution is 0.393. The summed E-state index contributed by atoms with van der Waals surface area (Å²) in [6.45, 7) is 6.64. The Morgan fingerprint density at radius 3 is 2.78 bits per heavy atom. The molecule has 2 nitrogen and oxygen atoms in total. The van der Waals surface area contributed by atoms with Crippen LogP contribution in [0, 0.1) is 11.3 Å². The minimum Gasteiger partial charge on any atom is -0.464 e. The van der Waals surface area contributed by atoms with Crippen LogP contribution in [0.3, 0.4) is 0 Å². The van der Waals surface area contributed by atoms with Gasteiger partial charge in [0.2, 0.25) is 0 Å². The Kier molecular flexibility index (Phi) is 3.23. The molecule has 1 N–H and O–H groups in total. The summed E-state index contributed by atoms with van der Waals surface area (Å²) in [5.74, 6) is 3.84. The monoisotopic (exact) mass is 247 g/mol. The smallest absolute Gasteiger partial charge is 0.117 e. The first-order valence-electron chi connectivity index (χ1n) is 7.52. The molecular weight excluding hydrogens is 222 g/mol. The van der Waals surface area contributed by atoms with E-state index in [1.807, 2.05) is 0 Å². The van der Waals surface area contributed by atoms with Crippen LogP contribution >= 0.6 is 0 Å². The Morgan fingerprint density at radius 2 is 2.17 bits per heavy atom. The Balaban J connectivity index is 1.44. The lowest BCUT2D eigenvalue weighted by Crippen LogP contribution is -2.23. The van der Waals surface area contributed by atoms with Gasteiger partial charge in [0.1, 0.15) is 11.5 Å². The lowest BCUT2D eigenvalue weighted by atomic mass is 10.0. The van der Waals surface area contributed by atoms with Gasteiger partial charge in [0.05, 0.1) is 6.54 Å². The van der Waals surface area contributed by atoms with Crippen LogP contribution in [0.5, 0.6) is 0 Å². The third-order valence-electron chi connectivity index (χ3n) is 4.69. The van der Waals surface area contributed by atoms with Crippen LogP contribution in [-0.4, -0.2) is 6.54 Å². The Labute approximate surface area is 110 Å². The number of hydrogen-bond acceptors (Lipinski definition) is 2. The van der Waals surface area contributed by atoms with E-state index >= 15 is 0 Å². The van der Waals surface area contributed by atoms with Gasteiger partial charge in [0.25, 0.3) is 0 Å². The molecule has 100 valence electrons. The fourth-order valence-corrected chi connectivity index (χ4v) is 3.08. The van der Waals surface area contributed by atoms with Crippen molar-refractivity contribution < 1.29 is 4.42 Å². The van der Waals surface area contributed by atoms with Gasteiger partial charge in [-0.05, 0) is 49.1 Å². The first kappa shape index (κ1) is 12.3. The largest absolute Gasteiger partial charge is 0.464 e.